The number of hydrogen-bond acceptors (Lipinski definition) is 3. The second-order valence-corrected chi connectivity index (χ2v) is 3.28. The molecular formula is C8H17NO3. The second kappa shape index (κ2) is 5.11. The van der Waals surface area contributed by atoms with Gasteiger partial charge in [-0.15, -0.1) is 0 Å². The van der Waals surface area contributed by atoms with Gasteiger partial charge in [0.1, 0.15) is 6.04 Å². The first-order valence-corrected chi connectivity index (χ1v) is 4.09. The van der Waals surface area contributed by atoms with Crippen molar-refractivity contribution in [2.75, 3.05) is 6.54 Å². The molecule has 0 bridgehead atoms. The number of carbonyl (C=O) groups is 1. The van der Waals surface area contributed by atoms with Crippen LogP contribution in [0.3, 0.4) is 0 Å². The Morgan fingerprint density at radius 3 is 2.25 bits per heavy atom. The first kappa shape index (κ1) is 11.4. The highest BCUT2D eigenvalue weighted by Gasteiger charge is 2.13. The molecule has 0 aliphatic heterocycles. The van der Waals surface area contributed by atoms with E-state index in [1.54, 1.807) is 6.92 Å². The standard InChI is InChI=1S/C8H17NO3/c1-5(2)7(10)4-9-6(3)8(11)12/h5-7,9-10H,4H2,1-3H3,(H,11,12). The van der Waals surface area contributed by atoms with E-state index in [0.717, 1.165) is 0 Å². The Morgan fingerprint density at radius 1 is 1.42 bits per heavy atom. The summed E-state index contributed by atoms with van der Waals surface area (Å²) in [5, 5.41) is 20.5. The molecule has 0 saturated carbocycles. The van der Waals surface area contributed by atoms with Crippen LogP contribution < -0.4 is 5.32 Å². The maximum Gasteiger partial charge on any atom is 0.320 e. The third-order valence-electron chi connectivity index (χ3n) is 1.77. The lowest BCUT2D eigenvalue weighted by atomic mass is 10.1. The molecule has 0 fully saturated rings. The number of carboxylic acid groups (broad SMARTS) is 1. The number of aliphatic hydroxyl groups is 1. The Kier molecular flexibility index (Phi) is 4.85. The zero-order valence-corrected chi connectivity index (χ0v) is 7.74. The van der Waals surface area contributed by atoms with E-state index in [0.29, 0.717) is 6.54 Å². The highest BCUT2D eigenvalue weighted by Crippen LogP contribution is 1.99. The van der Waals surface area contributed by atoms with E-state index in [9.17, 15) is 9.90 Å². The molecule has 0 rings (SSSR count). The van der Waals surface area contributed by atoms with Gasteiger partial charge in [-0.2, -0.15) is 0 Å². The summed E-state index contributed by atoms with van der Waals surface area (Å²) in [4.78, 5) is 10.3. The molecule has 0 saturated heterocycles. The van der Waals surface area contributed by atoms with Gasteiger partial charge in [-0.05, 0) is 12.8 Å². The van der Waals surface area contributed by atoms with Gasteiger partial charge in [0, 0.05) is 6.54 Å². The van der Waals surface area contributed by atoms with Crippen molar-refractivity contribution in [2.45, 2.75) is 32.9 Å². The molecule has 2 unspecified atom stereocenters. The second-order valence-electron chi connectivity index (χ2n) is 3.28. The summed E-state index contributed by atoms with van der Waals surface area (Å²) < 4.78 is 0. The van der Waals surface area contributed by atoms with Crippen LogP contribution in [0.5, 0.6) is 0 Å². The van der Waals surface area contributed by atoms with Crippen molar-refractivity contribution in [1.29, 1.82) is 0 Å². The van der Waals surface area contributed by atoms with Crippen LogP contribution >= 0.6 is 0 Å². The maximum absolute atomic E-state index is 10.3. The first-order valence-electron chi connectivity index (χ1n) is 4.09. The van der Waals surface area contributed by atoms with Crippen LogP contribution in [0.2, 0.25) is 0 Å². The van der Waals surface area contributed by atoms with E-state index < -0.39 is 18.1 Å². The highest BCUT2D eigenvalue weighted by molar-refractivity contribution is 5.72. The zero-order valence-electron chi connectivity index (χ0n) is 7.74. The fourth-order valence-electron chi connectivity index (χ4n) is 0.621. The summed E-state index contributed by atoms with van der Waals surface area (Å²) in [6.45, 7) is 5.65. The fourth-order valence-corrected chi connectivity index (χ4v) is 0.621. The van der Waals surface area contributed by atoms with Gasteiger partial charge >= 0.3 is 5.97 Å². The predicted molar refractivity (Wildman–Crippen MR) is 45.9 cm³/mol. The Balaban J connectivity index is 3.61. The summed E-state index contributed by atoms with van der Waals surface area (Å²) in [7, 11) is 0. The molecule has 0 aromatic carbocycles. The van der Waals surface area contributed by atoms with Crippen molar-refractivity contribution >= 4 is 5.97 Å². The number of aliphatic hydroxyl groups excluding tert-OH is 1. The lowest BCUT2D eigenvalue weighted by molar-refractivity contribution is -0.139. The SMILES string of the molecule is CC(NCC(O)C(C)C)C(=O)O. The van der Waals surface area contributed by atoms with E-state index in [-0.39, 0.29) is 5.92 Å². The zero-order chi connectivity index (χ0) is 9.72. The molecule has 0 aromatic rings. The summed E-state index contributed by atoms with van der Waals surface area (Å²) in [6, 6.07) is -0.599. The molecule has 4 heteroatoms. The van der Waals surface area contributed by atoms with Crippen molar-refractivity contribution in [3.63, 3.8) is 0 Å². The van der Waals surface area contributed by atoms with E-state index in [4.69, 9.17) is 5.11 Å². The smallest absolute Gasteiger partial charge is 0.320 e. The molecule has 72 valence electrons. The molecule has 0 aromatic heterocycles. The largest absolute Gasteiger partial charge is 0.480 e. The number of rotatable bonds is 5. The van der Waals surface area contributed by atoms with Crippen LogP contribution in [-0.4, -0.2) is 34.9 Å². The van der Waals surface area contributed by atoms with Crippen molar-refractivity contribution < 1.29 is 15.0 Å². The lowest BCUT2D eigenvalue weighted by Crippen LogP contribution is -2.40. The van der Waals surface area contributed by atoms with E-state index in [1.807, 2.05) is 13.8 Å². The average molecular weight is 175 g/mol. The molecule has 12 heavy (non-hydrogen) atoms. The Labute approximate surface area is 72.6 Å². The average Bonchev–Trinajstić information content (AvgIpc) is 1.98. The Hall–Kier alpha value is -0.610. The van der Waals surface area contributed by atoms with Crippen LogP contribution in [0.15, 0.2) is 0 Å². The fraction of sp³-hybridized carbons (Fsp3) is 0.875. The van der Waals surface area contributed by atoms with Gasteiger partial charge in [-0.25, -0.2) is 0 Å². The molecule has 0 amide bonds. The summed E-state index contributed by atoms with van der Waals surface area (Å²) in [5.41, 5.74) is 0. The topological polar surface area (TPSA) is 69.6 Å². The van der Waals surface area contributed by atoms with E-state index in [2.05, 4.69) is 5.32 Å². The van der Waals surface area contributed by atoms with Crippen LogP contribution in [0, 0.1) is 5.92 Å². The monoisotopic (exact) mass is 175 g/mol. The van der Waals surface area contributed by atoms with Crippen molar-refractivity contribution in [3.8, 4) is 0 Å². The van der Waals surface area contributed by atoms with Gasteiger partial charge in [0.2, 0.25) is 0 Å². The number of nitrogens with one attached hydrogen (secondary N) is 1. The quantitative estimate of drug-likeness (QED) is 0.553. The van der Waals surface area contributed by atoms with Gasteiger partial charge in [-0.1, -0.05) is 13.8 Å². The molecule has 4 nitrogen and oxygen atoms in total. The first-order chi connectivity index (χ1) is 5.45. The van der Waals surface area contributed by atoms with Crippen LogP contribution in [-0.2, 0) is 4.79 Å². The Bertz CT molecular complexity index is 147. The minimum absolute atomic E-state index is 0.151. The van der Waals surface area contributed by atoms with Gasteiger partial charge in [-0.3, -0.25) is 4.79 Å². The minimum Gasteiger partial charge on any atom is -0.480 e. The van der Waals surface area contributed by atoms with Gasteiger partial charge in [0.15, 0.2) is 0 Å². The number of aliphatic carboxylic acids is 1. The molecular weight excluding hydrogens is 158 g/mol. The Morgan fingerprint density at radius 2 is 1.92 bits per heavy atom. The van der Waals surface area contributed by atoms with Crippen molar-refractivity contribution in [1.82, 2.24) is 5.32 Å². The molecule has 3 N–H and O–H groups in total. The van der Waals surface area contributed by atoms with Crippen LogP contribution in [0.25, 0.3) is 0 Å². The predicted octanol–water partition coefficient (Wildman–Crippen LogP) is 0.0660. The molecule has 0 heterocycles. The van der Waals surface area contributed by atoms with E-state index in [1.165, 1.54) is 0 Å². The maximum atomic E-state index is 10.3. The number of carboxylic acids is 1. The van der Waals surface area contributed by atoms with Crippen molar-refractivity contribution in [2.24, 2.45) is 5.92 Å². The molecule has 0 radical (unpaired) electrons. The van der Waals surface area contributed by atoms with Gasteiger partial charge in [0.25, 0.3) is 0 Å². The minimum atomic E-state index is -0.897. The molecule has 0 aliphatic carbocycles. The normalized spacial score (nSPS) is 16.1. The summed E-state index contributed by atoms with van der Waals surface area (Å²) in [5.74, 6) is -0.746. The molecule has 2 atom stereocenters. The van der Waals surface area contributed by atoms with Gasteiger partial charge < -0.3 is 15.5 Å². The van der Waals surface area contributed by atoms with Crippen LogP contribution in [0.1, 0.15) is 20.8 Å². The lowest BCUT2D eigenvalue weighted by Gasteiger charge is -2.16. The van der Waals surface area contributed by atoms with Crippen LogP contribution in [0.4, 0.5) is 0 Å². The third kappa shape index (κ3) is 4.31. The third-order valence-corrected chi connectivity index (χ3v) is 1.77. The summed E-state index contributed by atoms with van der Waals surface area (Å²) >= 11 is 0. The highest BCUT2D eigenvalue weighted by atomic mass is 16.4. The summed E-state index contributed by atoms with van der Waals surface area (Å²) in [6.07, 6.45) is -0.480. The van der Waals surface area contributed by atoms with E-state index >= 15 is 0 Å². The molecule has 0 spiro atoms. The molecule has 0 aliphatic rings. The number of hydrogen-bond donors (Lipinski definition) is 3. The van der Waals surface area contributed by atoms with Crippen molar-refractivity contribution in [3.05, 3.63) is 0 Å². The van der Waals surface area contributed by atoms with Gasteiger partial charge in [0.05, 0.1) is 6.10 Å².